The Morgan fingerprint density at radius 3 is 3.00 bits per heavy atom. The van der Waals surface area contributed by atoms with Gasteiger partial charge in [0, 0.05) is 0 Å². The number of benzene rings is 1. The van der Waals surface area contributed by atoms with Gasteiger partial charge >= 0.3 is 0 Å². The number of nitrogens with one attached hydrogen (secondary N) is 1. The van der Waals surface area contributed by atoms with Gasteiger partial charge in [-0.15, -0.1) is 11.3 Å². The van der Waals surface area contributed by atoms with Crippen molar-refractivity contribution in [1.82, 2.24) is 9.11 Å². The first kappa shape index (κ1) is 8.37. The molecule has 0 saturated carbocycles. The quantitative estimate of drug-likeness (QED) is 0.594. The third-order valence-electron chi connectivity index (χ3n) is 1.41. The molecular weight excluding hydrogens is 208 g/mol. The smallest absolute Gasteiger partial charge is 0.166 e. The van der Waals surface area contributed by atoms with Gasteiger partial charge in [-0.3, -0.25) is 0 Å². The molecule has 0 saturated heterocycles. The molecule has 0 unspecified atom stereocenters. The zero-order valence-corrected chi connectivity index (χ0v) is 8.55. The van der Waals surface area contributed by atoms with Gasteiger partial charge < -0.3 is 0 Å². The highest BCUT2D eigenvalue weighted by Gasteiger charge is 2.01. The maximum atomic E-state index is 4.37. The minimum absolute atomic E-state index is 0.992. The molecule has 0 amide bonds. The van der Waals surface area contributed by atoms with E-state index in [1.54, 1.807) is 11.3 Å². The van der Waals surface area contributed by atoms with Crippen LogP contribution in [0.5, 0.6) is 0 Å². The van der Waals surface area contributed by atoms with Crippen molar-refractivity contribution in [1.29, 1.82) is 0 Å². The van der Waals surface area contributed by atoms with E-state index in [9.17, 15) is 0 Å². The van der Waals surface area contributed by atoms with E-state index in [1.807, 2.05) is 18.2 Å². The number of thiol groups is 1. The van der Waals surface area contributed by atoms with Crippen LogP contribution in [-0.2, 0) is 0 Å². The number of rotatable bonds is 2. The van der Waals surface area contributed by atoms with Crippen molar-refractivity contribution in [3.8, 4) is 0 Å². The Bertz CT molecular complexity index is 352. The summed E-state index contributed by atoms with van der Waals surface area (Å²) in [6.07, 6.45) is 0. The molecule has 1 N–H and O–H groups in total. The summed E-state index contributed by atoms with van der Waals surface area (Å²) in [6, 6.07) is 8.08. The number of thiazole rings is 1. The average molecular weight is 214 g/mol. The normalized spacial score (nSPS) is 10.8. The van der Waals surface area contributed by atoms with Crippen molar-refractivity contribution in [2.24, 2.45) is 0 Å². The van der Waals surface area contributed by atoms with Gasteiger partial charge in [-0.1, -0.05) is 24.9 Å². The molecule has 1 aromatic carbocycles. The van der Waals surface area contributed by atoms with Crippen molar-refractivity contribution >= 4 is 46.3 Å². The minimum Gasteiger partial charge on any atom is -0.228 e. The predicted octanol–water partition coefficient (Wildman–Crippen LogP) is 2.74. The molecule has 62 valence electrons. The number of hydrogen-bond acceptors (Lipinski definition) is 5. The fourth-order valence-corrected chi connectivity index (χ4v) is 2.86. The van der Waals surface area contributed by atoms with E-state index in [2.05, 4.69) is 28.0 Å². The highest BCUT2D eigenvalue weighted by molar-refractivity contribution is 8.07. The molecule has 2 aromatic rings. The number of aromatic nitrogens is 1. The van der Waals surface area contributed by atoms with Crippen LogP contribution in [0.4, 0.5) is 0 Å². The molecule has 0 atom stereocenters. The second-order valence-electron chi connectivity index (χ2n) is 2.14. The van der Waals surface area contributed by atoms with Crippen LogP contribution in [-0.4, -0.2) is 4.98 Å². The lowest BCUT2D eigenvalue weighted by Gasteiger charge is -1.86. The summed E-state index contributed by atoms with van der Waals surface area (Å²) in [4.78, 5) is 4.37. The first-order valence-corrected chi connectivity index (χ1v) is 5.39. The van der Waals surface area contributed by atoms with Crippen LogP contribution in [0.2, 0.25) is 0 Å². The van der Waals surface area contributed by atoms with Gasteiger partial charge in [-0.2, -0.15) is 0 Å². The summed E-state index contributed by atoms with van der Waals surface area (Å²) in [6.45, 7) is 0. The van der Waals surface area contributed by atoms with Crippen molar-refractivity contribution in [2.45, 2.75) is 4.34 Å². The molecule has 0 spiro atoms. The Hall–Kier alpha value is -0.230. The van der Waals surface area contributed by atoms with Gasteiger partial charge in [0.1, 0.15) is 0 Å². The second-order valence-corrected chi connectivity index (χ2v) is 4.75. The molecule has 0 aliphatic carbocycles. The van der Waals surface area contributed by atoms with E-state index in [0.29, 0.717) is 0 Å². The summed E-state index contributed by atoms with van der Waals surface area (Å²) >= 11 is 6.98. The third kappa shape index (κ3) is 1.59. The van der Waals surface area contributed by atoms with Crippen LogP contribution < -0.4 is 4.13 Å². The Balaban J connectivity index is 2.47. The minimum atomic E-state index is 0.992. The van der Waals surface area contributed by atoms with E-state index in [0.717, 1.165) is 9.86 Å². The molecule has 2 nitrogen and oxygen atoms in total. The van der Waals surface area contributed by atoms with Gasteiger partial charge in [0.2, 0.25) is 0 Å². The van der Waals surface area contributed by atoms with Gasteiger partial charge in [-0.05, 0) is 24.1 Å². The van der Waals surface area contributed by atoms with Crippen LogP contribution in [0, 0.1) is 0 Å². The van der Waals surface area contributed by atoms with E-state index in [1.165, 1.54) is 16.6 Å². The van der Waals surface area contributed by atoms with Crippen molar-refractivity contribution in [3.63, 3.8) is 0 Å². The largest absolute Gasteiger partial charge is 0.228 e. The Kier molecular flexibility index (Phi) is 2.55. The van der Waals surface area contributed by atoms with Gasteiger partial charge in [0.15, 0.2) is 4.34 Å². The topological polar surface area (TPSA) is 24.9 Å². The maximum Gasteiger partial charge on any atom is 0.166 e. The fourth-order valence-electron chi connectivity index (χ4n) is 0.934. The van der Waals surface area contributed by atoms with Gasteiger partial charge in [-0.25, -0.2) is 9.11 Å². The number of fused-ring (bicyclic) bond motifs is 1. The maximum absolute atomic E-state index is 4.37. The van der Waals surface area contributed by atoms with Gasteiger partial charge in [0.05, 0.1) is 10.2 Å². The summed E-state index contributed by atoms with van der Waals surface area (Å²) in [5.41, 5.74) is 1.05. The molecule has 12 heavy (non-hydrogen) atoms. The summed E-state index contributed by atoms with van der Waals surface area (Å²) in [7, 11) is 0. The second kappa shape index (κ2) is 3.66. The molecule has 0 fully saturated rings. The highest BCUT2D eigenvalue weighted by Crippen LogP contribution is 2.27. The van der Waals surface area contributed by atoms with Crippen molar-refractivity contribution in [3.05, 3.63) is 24.3 Å². The Labute approximate surface area is 84.1 Å². The highest BCUT2D eigenvalue weighted by atomic mass is 32.2. The lowest BCUT2D eigenvalue weighted by atomic mass is 10.3. The molecular formula is C7H6N2S3. The summed E-state index contributed by atoms with van der Waals surface area (Å²) in [5, 5.41) is 0. The molecule has 0 aliphatic rings. The molecule has 2 rings (SSSR count). The molecule has 0 aliphatic heterocycles. The first-order chi connectivity index (χ1) is 5.90. The molecule has 1 heterocycles. The average Bonchev–Trinajstić information content (AvgIpc) is 2.47. The van der Waals surface area contributed by atoms with Crippen molar-refractivity contribution in [2.75, 3.05) is 0 Å². The molecule has 1 aromatic heterocycles. The summed E-state index contributed by atoms with van der Waals surface area (Å²) < 4.78 is 4.91. The predicted molar refractivity (Wildman–Crippen MR) is 57.6 cm³/mol. The van der Waals surface area contributed by atoms with Crippen LogP contribution in [0.3, 0.4) is 0 Å². The van der Waals surface area contributed by atoms with Crippen LogP contribution in [0.25, 0.3) is 10.2 Å². The van der Waals surface area contributed by atoms with Crippen LogP contribution in [0.1, 0.15) is 0 Å². The first-order valence-electron chi connectivity index (χ1n) is 3.31. The van der Waals surface area contributed by atoms with E-state index in [-0.39, 0.29) is 0 Å². The summed E-state index contributed by atoms with van der Waals surface area (Å²) in [5.74, 6) is 0. The SMILES string of the molecule is SNSc1nc2ccccc2s1. The zero-order chi connectivity index (χ0) is 8.39. The fraction of sp³-hybridized carbons (Fsp3) is 0. The van der Waals surface area contributed by atoms with Crippen LogP contribution >= 0.6 is 36.1 Å². The lowest BCUT2D eigenvalue weighted by molar-refractivity contribution is 1.30. The number of nitrogens with zero attached hydrogens (tertiary/aromatic N) is 1. The van der Waals surface area contributed by atoms with Crippen molar-refractivity contribution < 1.29 is 0 Å². The van der Waals surface area contributed by atoms with E-state index in [4.69, 9.17) is 0 Å². The zero-order valence-electron chi connectivity index (χ0n) is 6.02. The Morgan fingerprint density at radius 1 is 1.42 bits per heavy atom. The van der Waals surface area contributed by atoms with E-state index < -0.39 is 0 Å². The van der Waals surface area contributed by atoms with E-state index >= 15 is 0 Å². The third-order valence-corrected chi connectivity index (χ3v) is 3.37. The Morgan fingerprint density at radius 2 is 2.25 bits per heavy atom. The molecule has 0 radical (unpaired) electrons. The molecule has 0 bridgehead atoms. The van der Waals surface area contributed by atoms with Crippen LogP contribution in [0.15, 0.2) is 28.6 Å². The number of para-hydroxylation sites is 1. The standard InChI is InChI=1S/C7H6N2S3/c10-9-12-7-8-5-3-1-2-4-6(5)11-7/h1-4,9-10H. The lowest BCUT2D eigenvalue weighted by Crippen LogP contribution is -1.79. The monoisotopic (exact) mass is 214 g/mol. The molecule has 5 heteroatoms. The number of hydrogen-bond donors (Lipinski definition) is 2. The van der Waals surface area contributed by atoms with Gasteiger partial charge in [0.25, 0.3) is 0 Å².